The van der Waals surface area contributed by atoms with Gasteiger partial charge in [0.2, 0.25) is 10.0 Å². The molecule has 0 aromatic heterocycles. The first kappa shape index (κ1) is 18.8. The standard InChI is InChI=1S/C15H20F2N2O4S/c1-18(10-15(20)21)11-3-2-7-19(8-6-11)24(22,23)12-4-5-13(16)14(17)9-12/h4-5,9,11H,2-3,6-8,10H2,1H3,(H,20,21). The predicted molar refractivity (Wildman–Crippen MR) is 83.0 cm³/mol. The maximum Gasteiger partial charge on any atom is 0.317 e. The van der Waals surface area contributed by atoms with Crippen LogP contribution in [0.15, 0.2) is 23.1 Å². The van der Waals surface area contributed by atoms with E-state index in [0.717, 1.165) is 12.1 Å². The molecule has 0 aliphatic carbocycles. The molecule has 134 valence electrons. The predicted octanol–water partition coefficient (Wildman–Crippen LogP) is 1.52. The first-order valence-electron chi connectivity index (χ1n) is 7.59. The summed E-state index contributed by atoms with van der Waals surface area (Å²) in [5, 5.41) is 8.85. The summed E-state index contributed by atoms with van der Waals surface area (Å²) in [7, 11) is -2.21. The van der Waals surface area contributed by atoms with Crippen LogP contribution in [0.25, 0.3) is 0 Å². The summed E-state index contributed by atoms with van der Waals surface area (Å²) in [6, 6.07) is 2.49. The van der Waals surface area contributed by atoms with E-state index in [-0.39, 0.29) is 30.6 Å². The van der Waals surface area contributed by atoms with Crippen LogP contribution in [0.1, 0.15) is 19.3 Å². The maximum absolute atomic E-state index is 13.3. The number of likely N-dealkylation sites (N-methyl/N-ethyl adjacent to an activating group) is 1. The SMILES string of the molecule is CN(CC(=O)O)C1CCCN(S(=O)(=O)c2ccc(F)c(F)c2)CC1. The minimum Gasteiger partial charge on any atom is -0.480 e. The molecule has 1 aromatic rings. The Kier molecular flexibility index (Phi) is 5.89. The molecule has 1 fully saturated rings. The van der Waals surface area contributed by atoms with Crippen molar-refractivity contribution in [1.29, 1.82) is 0 Å². The van der Waals surface area contributed by atoms with E-state index < -0.39 is 27.6 Å². The summed E-state index contributed by atoms with van der Waals surface area (Å²) < 4.78 is 52.7. The fraction of sp³-hybridized carbons (Fsp3) is 0.533. The Morgan fingerprint density at radius 1 is 1.29 bits per heavy atom. The second kappa shape index (κ2) is 7.54. The third-order valence-electron chi connectivity index (χ3n) is 4.19. The minimum absolute atomic E-state index is 0.0359. The summed E-state index contributed by atoms with van der Waals surface area (Å²) in [6.07, 6.45) is 1.72. The van der Waals surface area contributed by atoms with Crippen molar-refractivity contribution in [2.75, 3.05) is 26.7 Å². The lowest BCUT2D eigenvalue weighted by atomic mass is 10.1. The van der Waals surface area contributed by atoms with Gasteiger partial charge in [-0.25, -0.2) is 17.2 Å². The van der Waals surface area contributed by atoms with E-state index in [1.54, 1.807) is 11.9 Å². The third-order valence-corrected chi connectivity index (χ3v) is 6.09. The maximum atomic E-state index is 13.3. The lowest BCUT2D eigenvalue weighted by Crippen LogP contribution is -2.37. The fourth-order valence-electron chi connectivity index (χ4n) is 2.86. The van der Waals surface area contributed by atoms with E-state index in [4.69, 9.17) is 5.11 Å². The van der Waals surface area contributed by atoms with E-state index >= 15 is 0 Å². The Hall–Kier alpha value is -1.58. The molecule has 1 aliphatic rings. The smallest absolute Gasteiger partial charge is 0.317 e. The van der Waals surface area contributed by atoms with Crippen LogP contribution in [0.2, 0.25) is 0 Å². The molecule has 0 saturated carbocycles. The molecule has 1 aliphatic heterocycles. The zero-order valence-electron chi connectivity index (χ0n) is 13.3. The highest BCUT2D eigenvalue weighted by Crippen LogP contribution is 2.23. The zero-order chi connectivity index (χ0) is 17.9. The number of carboxylic acid groups (broad SMARTS) is 1. The molecule has 1 saturated heterocycles. The molecule has 2 rings (SSSR count). The van der Waals surface area contributed by atoms with E-state index in [1.807, 2.05) is 0 Å². The van der Waals surface area contributed by atoms with Crippen LogP contribution >= 0.6 is 0 Å². The molecule has 0 amide bonds. The molecule has 1 aromatic carbocycles. The summed E-state index contributed by atoms with van der Waals surface area (Å²) in [5.41, 5.74) is 0. The van der Waals surface area contributed by atoms with Gasteiger partial charge in [-0.3, -0.25) is 9.69 Å². The number of aliphatic carboxylic acids is 1. The zero-order valence-corrected chi connectivity index (χ0v) is 14.1. The van der Waals surface area contributed by atoms with Gasteiger partial charge in [-0.05, 0) is 44.5 Å². The molecule has 0 radical (unpaired) electrons. The first-order chi connectivity index (χ1) is 11.2. The molecule has 24 heavy (non-hydrogen) atoms. The molecule has 6 nitrogen and oxygen atoms in total. The number of benzene rings is 1. The molecule has 9 heteroatoms. The third kappa shape index (κ3) is 4.28. The summed E-state index contributed by atoms with van der Waals surface area (Å²) >= 11 is 0. The van der Waals surface area contributed by atoms with E-state index in [9.17, 15) is 22.0 Å². The van der Waals surface area contributed by atoms with Crippen LogP contribution < -0.4 is 0 Å². The van der Waals surface area contributed by atoms with E-state index in [0.29, 0.717) is 25.3 Å². The van der Waals surface area contributed by atoms with Gasteiger partial charge in [0.05, 0.1) is 11.4 Å². The van der Waals surface area contributed by atoms with Crippen molar-refractivity contribution < 1.29 is 27.1 Å². The van der Waals surface area contributed by atoms with Gasteiger partial charge in [-0.15, -0.1) is 0 Å². The Bertz CT molecular complexity index is 711. The molecular formula is C15H20F2N2O4S. The number of sulfonamides is 1. The van der Waals surface area contributed by atoms with Gasteiger partial charge in [0.15, 0.2) is 11.6 Å². The van der Waals surface area contributed by atoms with Gasteiger partial charge in [0.1, 0.15) is 0 Å². The van der Waals surface area contributed by atoms with Crippen molar-refractivity contribution in [2.24, 2.45) is 0 Å². The second-order valence-electron chi connectivity index (χ2n) is 5.87. The number of nitrogens with zero attached hydrogens (tertiary/aromatic N) is 2. The first-order valence-corrected chi connectivity index (χ1v) is 9.03. The van der Waals surface area contributed by atoms with Crippen molar-refractivity contribution in [2.45, 2.75) is 30.2 Å². The van der Waals surface area contributed by atoms with Gasteiger partial charge in [0, 0.05) is 19.1 Å². The van der Waals surface area contributed by atoms with Crippen molar-refractivity contribution in [1.82, 2.24) is 9.21 Å². The van der Waals surface area contributed by atoms with E-state index in [2.05, 4.69) is 0 Å². The summed E-state index contributed by atoms with van der Waals surface area (Å²) in [5.74, 6) is -3.24. The Balaban J connectivity index is 2.12. The van der Waals surface area contributed by atoms with Gasteiger partial charge in [-0.1, -0.05) is 0 Å². The normalized spacial score (nSPS) is 20.1. The average molecular weight is 362 g/mol. The number of carbonyl (C=O) groups is 1. The Morgan fingerprint density at radius 3 is 2.62 bits per heavy atom. The molecule has 1 atom stereocenters. The van der Waals surface area contributed by atoms with Crippen molar-refractivity contribution in [3.63, 3.8) is 0 Å². The monoisotopic (exact) mass is 362 g/mol. The van der Waals surface area contributed by atoms with Crippen molar-refractivity contribution >= 4 is 16.0 Å². The highest BCUT2D eigenvalue weighted by Gasteiger charge is 2.29. The van der Waals surface area contributed by atoms with Gasteiger partial charge in [0.25, 0.3) is 0 Å². The van der Waals surface area contributed by atoms with Crippen LogP contribution in [0.3, 0.4) is 0 Å². The summed E-state index contributed by atoms with van der Waals surface area (Å²) in [6.45, 7) is 0.356. The van der Waals surface area contributed by atoms with Crippen LogP contribution in [-0.2, 0) is 14.8 Å². The highest BCUT2D eigenvalue weighted by atomic mass is 32.2. The van der Waals surface area contributed by atoms with Crippen LogP contribution in [-0.4, -0.2) is 61.4 Å². The second-order valence-corrected chi connectivity index (χ2v) is 7.81. The topological polar surface area (TPSA) is 77.9 Å². The lowest BCUT2D eigenvalue weighted by molar-refractivity contribution is -0.138. The van der Waals surface area contributed by atoms with Crippen LogP contribution in [0.4, 0.5) is 8.78 Å². The number of carboxylic acids is 1. The van der Waals surface area contributed by atoms with Gasteiger partial charge >= 0.3 is 5.97 Å². The number of hydrogen-bond donors (Lipinski definition) is 1. The highest BCUT2D eigenvalue weighted by molar-refractivity contribution is 7.89. The molecule has 1 unspecified atom stereocenters. The van der Waals surface area contributed by atoms with Gasteiger partial charge < -0.3 is 5.11 Å². The Morgan fingerprint density at radius 2 is 2.00 bits per heavy atom. The van der Waals surface area contributed by atoms with Crippen LogP contribution in [0.5, 0.6) is 0 Å². The molecule has 1 heterocycles. The Labute approximate surface area is 139 Å². The van der Waals surface area contributed by atoms with Crippen LogP contribution in [0, 0.1) is 11.6 Å². The number of rotatable bonds is 5. The van der Waals surface area contributed by atoms with Crippen molar-refractivity contribution in [3.8, 4) is 0 Å². The quantitative estimate of drug-likeness (QED) is 0.859. The molecule has 0 bridgehead atoms. The number of halogens is 2. The lowest BCUT2D eigenvalue weighted by Gasteiger charge is -2.25. The van der Waals surface area contributed by atoms with Crippen molar-refractivity contribution in [3.05, 3.63) is 29.8 Å². The van der Waals surface area contributed by atoms with Gasteiger partial charge in [-0.2, -0.15) is 4.31 Å². The largest absolute Gasteiger partial charge is 0.480 e. The minimum atomic E-state index is -3.90. The average Bonchev–Trinajstić information content (AvgIpc) is 2.75. The molecule has 0 spiro atoms. The summed E-state index contributed by atoms with van der Waals surface area (Å²) in [4.78, 5) is 12.2. The number of hydrogen-bond acceptors (Lipinski definition) is 4. The molecular weight excluding hydrogens is 342 g/mol. The fourth-order valence-corrected chi connectivity index (χ4v) is 4.37. The van der Waals surface area contributed by atoms with E-state index in [1.165, 1.54) is 4.31 Å². The molecule has 1 N–H and O–H groups in total.